The molecule has 0 spiro atoms. The number of rotatable bonds is 16. The molecule has 33 heavy (non-hydrogen) atoms. The Morgan fingerprint density at radius 1 is 0.818 bits per heavy atom. The molecule has 2 aromatic carbocycles. The van der Waals surface area contributed by atoms with Gasteiger partial charge in [-0.1, -0.05) is 94.3 Å². The SMILES string of the molecule is CCCCCCCCCCc1ccc(OC(C)OC(=O)C[N+](C)(C)Cc2ccccc2)cc1. The summed E-state index contributed by atoms with van der Waals surface area (Å²) < 4.78 is 11.9. The van der Waals surface area contributed by atoms with Crippen LogP contribution in [-0.2, 0) is 22.5 Å². The standard InChI is InChI=1S/C29H44NO3/c1-5-6-7-8-9-10-11-13-16-26-19-21-28(22-20-26)32-25(2)33-29(31)24-30(3,4)23-27-17-14-12-15-18-27/h12,14-15,17-22,25H,5-11,13,16,23-24H2,1-4H3/q+1. The molecule has 182 valence electrons. The summed E-state index contributed by atoms with van der Waals surface area (Å²) in [5, 5.41) is 0. The summed E-state index contributed by atoms with van der Waals surface area (Å²) in [4.78, 5) is 12.4. The molecule has 1 unspecified atom stereocenters. The molecule has 0 saturated heterocycles. The molecule has 0 aromatic heterocycles. The lowest BCUT2D eigenvalue weighted by molar-refractivity contribution is -0.896. The van der Waals surface area contributed by atoms with Gasteiger partial charge in [-0.25, -0.2) is 4.79 Å². The van der Waals surface area contributed by atoms with Gasteiger partial charge in [-0.15, -0.1) is 0 Å². The summed E-state index contributed by atoms with van der Waals surface area (Å²) >= 11 is 0. The molecule has 0 radical (unpaired) electrons. The number of unbranched alkanes of at least 4 members (excludes halogenated alkanes) is 7. The first kappa shape index (κ1) is 26.9. The minimum absolute atomic E-state index is 0.255. The van der Waals surface area contributed by atoms with Crippen molar-refractivity contribution >= 4 is 5.97 Å². The van der Waals surface area contributed by atoms with Crippen molar-refractivity contribution in [3.8, 4) is 5.75 Å². The first-order chi connectivity index (χ1) is 15.9. The zero-order chi connectivity index (χ0) is 23.9. The zero-order valence-corrected chi connectivity index (χ0v) is 21.2. The molecule has 0 N–H and O–H groups in total. The van der Waals surface area contributed by atoms with Crippen molar-refractivity contribution in [2.24, 2.45) is 0 Å². The molecule has 2 rings (SSSR count). The maximum atomic E-state index is 12.4. The van der Waals surface area contributed by atoms with E-state index in [-0.39, 0.29) is 5.97 Å². The van der Waals surface area contributed by atoms with Crippen molar-refractivity contribution < 1.29 is 18.8 Å². The average molecular weight is 455 g/mol. The van der Waals surface area contributed by atoms with Crippen LogP contribution in [0.5, 0.6) is 5.75 Å². The second-order valence-electron chi connectivity index (χ2n) is 9.78. The van der Waals surface area contributed by atoms with Gasteiger partial charge in [0, 0.05) is 12.5 Å². The summed E-state index contributed by atoms with van der Waals surface area (Å²) in [5.74, 6) is 0.475. The Kier molecular flexibility index (Phi) is 12.0. The molecule has 0 aliphatic heterocycles. The Labute approximate surface area is 201 Å². The number of carbonyl (C=O) groups is 1. The highest BCUT2D eigenvalue weighted by Gasteiger charge is 2.23. The van der Waals surface area contributed by atoms with E-state index in [9.17, 15) is 4.79 Å². The van der Waals surface area contributed by atoms with E-state index in [0.29, 0.717) is 11.0 Å². The summed E-state index contributed by atoms with van der Waals surface area (Å²) in [6, 6.07) is 18.4. The van der Waals surface area contributed by atoms with E-state index in [1.54, 1.807) is 6.92 Å². The number of hydrogen-bond donors (Lipinski definition) is 0. The van der Waals surface area contributed by atoms with Crippen LogP contribution in [0.25, 0.3) is 0 Å². The van der Waals surface area contributed by atoms with E-state index in [0.717, 1.165) is 18.7 Å². The third-order valence-electron chi connectivity index (χ3n) is 5.85. The fourth-order valence-electron chi connectivity index (χ4n) is 4.12. The minimum Gasteiger partial charge on any atom is -0.455 e. The van der Waals surface area contributed by atoms with Crippen LogP contribution in [0.1, 0.15) is 76.3 Å². The highest BCUT2D eigenvalue weighted by molar-refractivity contribution is 5.70. The van der Waals surface area contributed by atoms with Gasteiger partial charge < -0.3 is 14.0 Å². The van der Waals surface area contributed by atoms with Crippen LogP contribution in [0.4, 0.5) is 0 Å². The van der Waals surface area contributed by atoms with Gasteiger partial charge in [0.15, 0.2) is 6.54 Å². The van der Waals surface area contributed by atoms with E-state index in [2.05, 4.69) is 31.2 Å². The third-order valence-corrected chi connectivity index (χ3v) is 5.85. The van der Waals surface area contributed by atoms with Gasteiger partial charge in [0.25, 0.3) is 0 Å². The summed E-state index contributed by atoms with van der Waals surface area (Å²) in [6.07, 6.45) is 11.2. The van der Waals surface area contributed by atoms with E-state index in [1.165, 1.54) is 62.5 Å². The molecular formula is C29H44NO3+. The van der Waals surface area contributed by atoms with Gasteiger partial charge in [-0.3, -0.25) is 0 Å². The van der Waals surface area contributed by atoms with Crippen LogP contribution in [0.15, 0.2) is 54.6 Å². The van der Waals surface area contributed by atoms with Crippen molar-refractivity contribution in [1.29, 1.82) is 0 Å². The normalized spacial score (nSPS) is 12.4. The van der Waals surface area contributed by atoms with Gasteiger partial charge >= 0.3 is 5.97 Å². The van der Waals surface area contributed by atoms with Gasteiger partial charge in [0.05, 0.1) is 14.1 Å². The Morgan fingerprint density at radius 2 is 1.42 bits per heavy atom. The molecule has 4 heteroatoms. The lowest BCUT2D eigenvalue weighted by Gasteiger charge is -2.29. The van der Waals surface area contributed by atoms with Crippen molar-refractivity contribution in [2.75, 3.05) is 20.6 Å². The number of ether oxygens (including phenoxy) is 2. The zero-order valence-electron chi connectivity index (χ0n) is 21.2. The fraction of sp³-hybridized carbons (Fsp3) is 0.552. The quantitative estimate of drug-likeness (QED) is 0.120. The number of esters is 1. The van der Waals surface area contributed by atoms with Crippen LogP contribution < -0.4 is 4.74 Å². The van der Waals surface area contributed by atoms with E-state index < -0.39 is 6.29 Å². The molecule has 0 saturated carbocycles. The van der Waals surface area contributed by atoms with Crippen molar-refractivity contribution in [2.45, 2.75) is 84.5 Å². The van der Waals surface area contributed by atoms with E-state index >= 15 is 0 Å². The smallest absolute Gasteiger partial charge is 0.364 e. The number of hydrogen-bond acceptors (Lipinski definition) is 3. The molecule has 0 fully saturated rings. The molecule has 4 nitrogen and oxygen atoms in total. The van der Waals surface area contributed by atoms with Crippen molar-refractivity contribution in [3.63, 3.8) is 0 Å². The number of likely N-dealkylation sites (N-methyl/N-ethyl adjacent to an activating group) is 1. The topological polar surface area (TPSA) is 35.5 Å². The first-order valence-electron chi connectivity index (χ1n) is 12.7. The molecule has 0 heterocycles. The van der Waals surface area contributed by atoms with Crippen molar-refractivity contribution in [1.82, 2.24) is 0 Å². The number of carbonyl (C=O) groups excluding carboxylic acids is 1. The highest BCUT2D eigenvalue weighted by Crippen LogP contribution is 2.17. The predicted molar refractivity (Wildman–Crippen MR) is 136 cm³/mol. The average Bonchev–Trinajstić information content (AvgIpc) is 2.76. The summed E-state index contributed by atoms with van der Waals surface area (Å²) in [7, 11) is 4.07. The summed E-state index contributed by atoms with van der Waals surface area (Å²) in [6.45, 7) is 5.09. The second kappa shape index (κ2) is 14.7. The number of aryl methyl sites for hydroxylation is 1. The Bertz CT molecular complexity index is 786. The van der Waals surface area contributed by atoms with E-state index in [1.807, 2.05) is 44.4 Å². The molecule has 0 aliphatic carbocycles. The van der Waals surface area contributed by atoms with Crippen LogP contribution in [0.2, 0.25) is 0 Å². The predicted octanol–water partition coefficient (Wildman–Crippen LogP) is 6.91. The van der Waals surface area contributed by atoms with Crippen LogP contribution in [-0.4, -0.2) is 37.4 Å². The molecule has 0 bridgehead atoms. The van der Waals surface area contributed by atoms with Gasteiger partial charge in [0.2, 0.25) is 6.29 Å². The maximum absolute atomic E-state index is 12.4. The number of benzene rings is 2. The third kappa shape index (κ3) is 11.9. The minimum atomic E-state index is -0.618. The monoisotopic (exact) mass is 454 g/mol. The van der Waals surface area contributed by atoms with Crippen LogP contribution >= 0.6 is 0 Å². The molecule has 1 atom stereocenters. The highest BCUT2D eigenvalue weighted by atomic mass is 16.7. The molecular weight excluding hydrogens is 410 g/mol. The van der Waals surface area contributed by atoms with Crippen LogP contribution in [0, 0.1) is 0 Å². The molecule has 0 aliphatic rings. The molecule has 2 aromatic rings. The Hall–Kier alpha value is -2.33. The Balaban J connectivity index is 1.65. The fourth-order valence-corrected chi connectivity index (χ4v) is 4.12. The number of nitrogens with zero attached hydrogens (tertiary/aromatic N) is 1. The Morgan fingerprint density at radius 3 is 2.06 bits per heavy atom. The lowest BCUT2D eigenvalue weighted by Crippen LogP contribution is -2.44. The number of quaternary nitrogens is 1. The first-order valence-corrected chi connectivity index (χ1v) is 12.7. The largest absolute Gasteiger partial charge is 0.455 e. The lowest BCUT2D eigenvalue weighted by atomic mass is 10.0. The second-order valence-corrected chi connectivity index (χ2v) is 9.78. The summed E-state index contributed by atoms with van der Waals surface area (Å²) in [5.41, 5.74) is 2.53. The molecule has 0 amide bonds. The van der Waals surface area contributed by atoms with Gasteiger partial charge in [0.1, 0.15) is 12.3 Å². The van der Waals surface area contributed by atoms with Crippen LogP contribution in [0.3, 0.4) is 0 Å². The maximum Gasteiger partial charge on any atom is 0.364 e. The van der Waals surface area contributed by atoms with E-state index in [4.69, 9.17) is 9.47 Å². The van der Waals surface area contributed by atoms with Crippen molar-refractivity contribution in [3.05, 3.63) is 65.7 Å². The van der Waals surface area contributed by atoms with Gasteiger partial charge in [-0.05, 0) is 30.5 Å². The van der Waals surface area contributed by atoms with Gasteiger partial charge in [-0.2, -0.15) is 0 Å².